The average Bonchev–Trinajstić information content (AvgIpc) is 2.53. The fourth-order valence-corrected chi connectivity index (χ4v) is 1.97. The maximum absolute atomic E-state index is 8.65. The lowest BCUT2D eigenvalue weighted by atomic mass is 10.1. The normalized spacial score (nSPS) is 11.3. The molecule has 0 bridgehead atoms. The molecule has 5 nitrogen and oxygen atoms in total. The van der Waals surface area contributed by atoms with Crippen molar-refractivity contribution in [2.45, 2.75) is 13.5 Å². The van der Waals surface area contributed by atoms with Gasteiger partial charge >= 0.3 is 0 Å². The number of nitrogens with zero attached hydrogens (tertiary/aromatic N) is 3. The summed E-state index contributed by atoms with van der Waals surface area (Å²) in [6, 6.07) is 13.5. The zero-order valence-electron chi connectivity index (χ0n) is 11.4. The Morgan fingerprint density at radius 1 is 1.25 bits per heavy atom. The Labute approximate surface area is 118 Å². The first-order valence-corrected chi connectivity index (χ1v) is 6.47. The first-order valence-electron chi connectivity index (χ1n) is 6.47. The molecule has 3 N–H and O–H groups in total. The van der Waals surface area contributed by atoms with Gasteiger partial charge in [0, 0.05) is 24.0 Å². The van der Waals surface area contributed by atoms with Gasteiger partial charge in [-0.2, -0.15) is 0 Å². The molecule has 5 heteroatoms. The molecule has 1 aromatic carbocycles. The lowest BCUT2D eigenvalue weighted by Gasteiger charge is -2.22. The molecular weight excluding hydrogens is 252 g/mol. The Hall–Kier alpha value is -2.56. The van der Waals surface area contributed by atoms with Crippen LogP contribution in [0.5, 0.6) is 0 Å². The third-order valence-electron chi connectivity index (χ3n) is 3.10. The van der Waals surface area contributed by atoms with Gasteiger partial charge in [-0.1, -0.05) is 11.2 Å². The topological polar surface area (TPSA) is 74.7 Å². The highest BCUT2D eigenvalue weighted by Crippen LogP contribution is 2.17. The summed E-state index contributed by atoms with van der Waals surface area (Å²) in [5.74, 6) is 0.115. The smallest absolute Gasteiger partial charge is 0.170 e. The number of anilines is 1. The summed E-state index contributed by atoms with van der Waals surface area (Å²) in [5, 5.41) is 11.6. The van der Waals surface area contributed by atoms with Crippen LogP contribution < -0.4 is 10.6 Å². The zero-order chi connectivity index (χ0) is 14.4. The van der Waals surface area contributed by atoms with Crippen molar-refractivity contribution in [3.8, 4) is 0 Å². The zero-order valence-corrected chi connectivity index (χ0v) is 11.4. The maximum atomic E-state index is 8.65. The fourth-order valence-electron chi connectivity index (χ4n) is 1.97. The van der Waals surface area contributed by atoms with Gasteiger partial charge in [0.1, 0.15) is 0 Å². The quantitative estimate of drug-likeness (QED) is 0.378. The van der Waals surface area contributed by atoms with Crippen LogP contribution in [-0.4, -0.2) is 22.6 Å². The van der Waals surface area contributed by atoms with Crippen LogP contribution in [0.25, 0.3) is 0 Å². The number of nitrogens with two attached hydrogens (primary N) is 1. The van der Waals surface area contributed by atoms with Crippen molar-refractivity contribution in [3.63, 3.8) is 0 Å². The van der Waals surface area contributed by atoms with E-state index in [2.05, 4.69) is 22.0 Å². The van der Waals surface area contributed by atoms with Gasteiger partial charge in [0.05, 0.1) is 12.2 Å². The number of oxime groups is 1. The van der Waals surface area contributed by atoms with Gasteiger partial charge in [-0.3, -0.25) is 4.98 Å². The van der Waals surface area contributed by atoms with Crippen LogP contribution in [0.4, 0.5) is 5.69 Å². The average molecular weight is 270 g/mol. The number of aromatic nitrogens is 1. The Morgan fingerprint density at radius 2 is 2.00 bits per heavy atom. The lowest BCUT2D eigenvalue weighted by molar-refractivity contribution is 0.318. The second kappa shape index (κ2) is 6.56. The minimum atomic E-state index is 0.115. The van der Waals surface area contributed by atoms with Crippen molar-refractivity contribution in [1.29, 1.82) is 0 Å². The summed E-state index contributed by atoms with van der Waals surface area (Å²) in [4.78, 5) is 6.54. The van der Waals surface area contributed by atoms with Crippen molar-refractivity contribution in [2.24, 2.45) is 10.9 Å². The predicted octanol–water partition coefficient (Wildman–Crippen LogP) is 2.20. The molecule has 1 heterocycles. The Balaban J connectivity index is 2.16. The molecule has 0 amide bonds. The van der Waals surface area contributed by atoms with E-state index in [1.165, 1.54) is 0 Å². The Kier molecular flexibility index (Phi) is 4.55. The highest BCUT2D eigenvalue weighted by atomic mass is 16.4. The van der Waals surface area contributed by atoms with E-state index in [9.17, 15) is 0 Å². The van der Waals surface area contributed by atoms with Crippen LogP contribution in [0, 0.1) is 0 Å². The fraction of sp³-hybridized carbons (Fsp3) is 0.200. The van der Waals surface area contributed by atoms with E-state index in [1.54, 1.807) is 6.20 Å². The molecule has 0 radical (unpaired) electrons. The highest BCUT2D eigenvalue weighted by molar-refractivity contribution is 5.97. The molecule has 0 spiro atoms. The number of pyridine rings is 1. The molecule has 2 aromatic rings. The molecule has 0 fully saturated rings. The molecule has 0 aliphatic carbocycles. The summed E-state index contributed by atoms with van der Waals surface area (Å²) in [5.41, 5.74) is 8.35. The first kappa shape index (κ1) is 13.9. The van der Waals surface area contributed by atoms with Crippen LogP contribution in [0.2, 0.25) is 0 Å². The van der Waals surface area contributed by atoms with Crippen LogP contribution >= 0.6 is 0 Å². The third-order valence-corrected chi connectivity index (χ3v) is 3.10. The first-order chi connectivity index (χ1) is 9.74. The van der Waals surface area contributed by atoms with Gasteiger partial charge in [-0.25, -0.2) is 0 Å². The van der Waals surface area contributed by atoms with Crippen LogP contribution in [0.3, 0.4) is 0 Å². The number of hydrogen-bond acceptors (Lipinski definition) is 4. The molecule has 0 unspecified atom stereocenters. The predicted molar refractivity (Wildman–Crippen MR) is 79.9 cm³/mol. The number of hydrogen-bond donors (Lipinski definition) is 2. The van der Waals surface area contributed by atoms with Crippen molar-refractivity contribution in [1.82, 2.24) is 4.98 Å². The molecule has 0 saturated carbocycles. The standard InChI is InChI=1S/C15H18N4O/c1-2-19(11-13-5-3-4-10-17-13)14-8-6-12(7-9-14)15(16)18-20/h3-10,20H,2,11H2,1H3,(H2,16,18). The van der Waals surface area contributed by atoms with E-state index >= 15 is 0 Å². The van der Waals surface area contributed by atoms with Crippen molar-refractivity contribution >= 4 is 11.5 Å². The molecule has 104 valence electrons. The molecule has 0 saturated heterocycles. The van der Waals surface area contributed by atoms with Crippen molar-refractivity contribution in [2.75, 3.05) is 11.4 Å². The van der Waals surface area contributed by atoms with Gasteiger partial charge in [0.2, 0.25) is 0 Å². The SMILES string of the molecule is CCN(Cc1ccccn1)c1ccc(/C(N)=N/O)cc1. The van der Waals surface area contributed by atoms with E-state index < -0.39 is 0 Å². The van der Waals surface area contributed by atoms with E-state index in [-0.39, 0.29) is 5.84 Å². The van der Waals surface area contributed by atoms with Crippen molar-refractivity contribution in [3.05, 3.63) is 59.9 Å². The molecular formula is C15H18N4O. The Morgan fingerprint density at radius 3 is 2.55 bits per heavy atom. The summed E-state index contributed by atoms with van der Waals surface area (Å²) < 4.78 is 0. The van der Waals surface area contributed by atoms with Gasteiger partial charge in [0.15, 0.2) is 5.84 Å². The van der Waals surface area contributed by atoms with Crippen molar-refractivity contribution < 1.29 is 5.21 Å². The van der Waals surface area contributed by atoms with Gasteiger partial charge in [-0.05, 0) is 43.3 Å². The second-order valence-electron chi connectivity index (χ2n) is 4.37. The van der Waals surface area contributed by atoms with Gasteiger partial charge < -0.3 is 15.8 Å². The van der Waals surface area contributed by atoms with E-state index in [0.29, 0.717) is 5.56 Å². The molecule has 1 aromatic heterocycles. The number of benzene rings is 1. The number of amidine groups is 1. The second-order valence-corrected chi connectivity index (χ2v) is 4.37. The minimum Gasteiger partial charge on any atom is -0.409 e. The molecule has 0 aliphatic heterocycles. The number of rotatable bonds is 5. The van der Waals surface area contributed by atoms with Gasteiger partial charge in [0.25, 0.3) is 0 Å². The summed E-state index contributed by atoms with van der Waals surface area (Å²) in [7, 11) is 0. The maximum Gasteiger partial charge on any atom is 0.170 e. The van der Waals surface area contributed by atoms with Gasteiger partial charge in [-0.15, -0.1) is 0 Å². The Bertz CT molecular complexity index is 566. The molecule has 0 atom stereocenters. The van der Waals surface area contributed by atoms with Crippen LogP contribution in [-0.2, 0) is 6.54 Å². The van der Waals surface area contributed by atoms with E-state index in [1.807, 2.05) is 42.5 Å². The molecule has 0 aliphatic rings. The highest BCUT2D eigenvalue weighted by Gasteiger charge is 2.07. The summed E-state index contributed by atoms with van der Waals surface area (Å²) in [6.07, 6.45) is 1.80. The van der Waals surface area contributed by atoms with Crippen LogP contribution in [0.1, 0.15) is 18.2 Å². The lowest BCUT2D eigenvalue weighted by Crippen LogP contribution is -2.22. The summed E-state index contributed by atoms with van der Waals surface area (Å²) in [6.45, 7) is 3.72. The summed E-state index contributed by atoms with van der Waals surface area (Å²) >= 11 is 0. The monoisotopic (exact) mass is 270 g/mol. The largest absolute Gasteiger partial charge is 0.409 e. The molecule has 2 rings (SSSR count). The van der Waals surface area contributed by atoms with Crippen LogP contribution in [0.15, 0.2) is 53.8 Å². The molecule has 20 heavy (non-hydrogen) atoms. The van der Waals surface area contributed by atoms with E-state index in [0.717, 1.165) is 24.5 Å². The van der Waals surface area contributed by atoms with E-state index in [4.69, 9.17) is 10.9 Å². The third kappa shape index (κ3) is 3.26. The minimum absolute atomic E-state index is 0.115.